The van der Waals surface area contributed by atoms with Crippen molar-refractivity contribution in [3.63, 3.8) is 0 Å². The van der Waals surface area contributed by atoms with Crippen molar-refractivity contribution in [3.05, 3.63) is 29.8 Å². The minimum Gasteiger partial charge on any atom is -0.508 e. The molecule has 0 aliphatic rings. The Hall–Kier alpha value is -2.65. The lowest BCUT2D eigenvalue weighted by Gasteiger charge is -2.24. The standard InChI is InChI=1S/C19H29N3O6/c1-10(2)8-14(20)17(25)21-15(9-12-4-6-13(24)7-5-12)18(26)22-16(11(3)23)19(27)28/h4-7,10-11,14-16,23-24H,8-9,20H2,1-3H3,(H,21,25)(H,22,26)(H,27,28)/t11-,14+,15+,16+/m1/s1. The van der Waals surface area contributed by atoms with E-state index < -0.39 is 42.0 Å². The Morgan fingerprint density at radius 3 is 2.07 bits per heavy atom. The summed E-state index contributed by atoms with van der Waals surface area (Å²) in [5.74, 6) is -2.46. The third kappa shape index (κ3) is 7.53. The number of aliphatic carboxylic acids is 1. The van der Waals surface area contributed by atoms with Gasteiger partial charge in [0, 0.05) is 6.42 Å². The molecule has 1 rings (SSSR count). The Balaban J connectivity index is 2.98. The number of carboxylic acid groups (broad SMARTS) is 1. The minimum atomic E-state index is -1.52. The molecule has 0 saturated carbocycles. The predicted octanol–water partition coefficient (Wildman–Crippen LogP) is -0.257. The van der Waals surface area contributed by atoms with Crippen molar-refractivity contribution in [1.29, 1.82) is 0 Å². The van der Waals surface area contributed by atoms with Crippen LogP contribution in [0.5, 0.6) is 5.75 Å². The molecule has 2 amide bonds. The summed E-state index contributed by atoms with van der Waals surface area (Å²) >= 11 is 0. The highest BCUT2D eigenvalue weighted by Gasteiger charge is 2.30. The second-order valence-electron chi connectivity index (χ2n) is 7.23. The average molecular weight is 395 g/mol. The van der Waals surface area contributed by atoms with Gasteiger partial charge in [0.25, 0.3) is 0 Å². The molecule has 156 valence electrons. The number of carbonyl (C=O) groups excluding carboxylic acids is 2. The van der Waals surface area contributed by atoms with Gasteiger partial charge in [0.15, 0.2) is 6.04 Å². The molecular weight excluding hydrogens is 366 g/mol. The van der Waals surface area contributed by atoms with Crippen LogP contribution in [0.25, 0.3) is 0 Å². The van der Waals surface area contributed by atoms with E-state index in [2.05, 4.69) is 10.6 Å². The van der Waals surface area contributed by atoms with Gasteiger partial charge in [-0.15, -0.1) is 0 Å². The molecule has 0 aliphatic carbocycles. The molecule has 0 bridgehead atoms. The lowest BCUT2D eigenvalue weighted by Crippen LogP contribution is -2.57. The lowest BCUT2D eigenvalue weighted by atomic mass is 10.0. The van der Waals surface area contributed by atoms with Gasteiger partial charge < -0.3 is 31.7 Å². The van der Waals surface area contributed by atoms with Gasteiger partial charge in [0.05, 0.1) is 12.1 Å². The number of aliphatic hydroxyl groups excluding tert-OH is 1. The van der Waals surface area contributed by atoms with Crippen LogP contribution in [-0.2, 0) is 20.8 Å². The van der Waals surface area contributed by atoms with Crippen molar-refractivity contribution in [2.24, 2.45) is 11.7 Å². The summed E-state index contributed by atoms with van der Waals surface area (Å²) in [5, 5.41) is 32.9. The first-order chi connectivity index (χ1) is 13.0. The molecule has 4 atom stereocenters. The van der Waals surface area contributed by atoms with Crippen LogP contribution in [0.4, 0.5) is 0 Å². The lowest BCUT2D eigenvalue weighted by molar-refractivity contribution is -0.145. The van der Waals surface area contributed by atoms with E-state index in [9.17, 15) is 24.6 Å². The Morgan fingerprint density at radius 2 is 1.61 bits per heavy atom. The van der Waals surface area contributed by atoms with Crippen LogP contribution in [0, 0.1) is 5.92 Å². The highest BCUT2D eigenvalue weighted by molar-refractivity contribution is 5.92. The van der Waals surface area contributed by atoms with Crippen molar-refractivity contribution >= 4 is 17.8 Å². The largest absolute Gasteiger partial charge is 0.508 e. The van der Waals surface area contributed by atoms with Crippen LogP contribution >= 0.6 is 0 Å². The fraction of sp³-hybridized carbons (Fsp3) is 0.526. The monoisotopic (exact) mass is 395 g/mol. The number of nitrogens with two attached hydrogens (primary N) is 1. The summed E-state index contributed by atoms with van der Waals surface area (Å²) < 4.78 is 0. The predicted molar refractivity (Wildman–Crippen MR) is 102 cm³/mol. The summed E-state index contributed by atoms with van der Waals surface area (Å²) in [4.78, 5) is 36.2. The van der Waals surface area contributed by atoms with Gasteiger partial charge in [-0.3, -0.25) is 9.59 Å². The van der Waals surface area contributed by atoms with Crippen LogP contribution in [0.15, 0.2) is 24.3 Å². The summed E-state index contributed by atoms with van der Waals surface area (Å²) in [5.41, 5.74) is 6.51. The molecular formula is C19H29N3O6. The van der Waals surface area contributed by atoms with E-state index in [1.54, 1.807) is 12.1 Å². The van der Waals surface area contributed by atoms with Gasteiger partial charge in [-0.05, 0) is 37.0 Å². The number of carbonyl (C=O) groups is 3. The quantitative estimate of drug-likeness (QED) is 0.318. The molecule has 9 heteroatoms. The second kappa shape index (κ2) is 10.6. The molecule has 0 spiro atoms. The molecule has 1 aromatic carbocycles. The summed E-state index contributed by atoms with van der Waals surface area (Å²) in [6.07, 6.45) is -0.849. The molecule has 0 unspecified atom stereocenters. The first-order valence-electron chi connectivity index (χ1n) is 9.06. The van der Waals surface area contributed by atoms with E-state index in [-0.39, 0.29) is 18.1 Å². The third-order valence-electron chi connectivity index (χ3n) is 4.12. The van der Waals surface area contributed by atoms with Crippen molar-refractivity contribution in [2.75, 3.05) is 0 Å². The van der Waals surface area contributed by atoms with E-state index in [4.69, 9.17) is 10.8 Å². The van der Waals surface area contributed by atoms with Crippen molar-refractivity contribution in [1.82, 2.24) is 10.6 Å². The zero-order chi connectivity index (χ0) is 21.4. The van der Waals surface area contributed by atoms with Crippen molar-refractivity contribution in [2.45, 2.75) is 57.8 Å². The summed E-state index contributed by atoms with van der Waals surface area (Å²) in [6.45, 7) is 5.06. The molecule has 0 radical (unpaired) electrons. The molecule has 0 aromatic heterocycles. The van der Waals surface area contributed by atoms with Crippen molar-refractivity contribution in [3.8, 4) is 5.75 Å². The zero-order valence-corrected chi connectivity index (χ0v) is 16.3. The number of nitrogens with one attached hydrogen (secondary N) is 2. The smallest absolute Gasteiger partial charge is 0.328 e. The van der Waals surface area contributed by atoms with Crippen LogP contribution in [0.3, 0.4) is 0 Å². The molecule has 1 aromatic rings. The fourth-order valence-electron chi connectivity index (χ4n) is 2.61. The fourth-order valence-corrected chi connectivity index (χ4v) is 2.61. The highest BCUT2D eigenvalue weighted by Crippen LogP contribution is 2.12. The van der Waals surface area contributed by atoms with Gasteiger partial charge in [-0.2, -0.15) is 0 Å². The first-order valence-corrected chi connectivity index (χ1v) is 9.06. The SMILES string of the molecule is CC(C)C[C@H](N)C(=O)N[C@@H](Cc1ccc(O)cc1)C(=O)N[C@H](C(=O)O)[C@@H](C)O. The number of hydrogen-bond donors (Lipinski definition) is 6. The van der Waals surface area contributed by atoms with Gasteiger partial charge in [-0.25, -0.2) is 4.79 Å². The maximum Gasteiger partial charge on any atom is 0.328 e. The third-order valence-corrected chi connectivity index (χ3v) is 4.12. The van der Waals surface area contributed by atoms with Gasteiger partial charge >= 0.3 is 5.97 Å². The van der Waals surface area contributed by atoms with Gasteiger partial charge in [0.1, 0.15) is 11.8 Å². The van der Waals surface area contributed by atoms with Crippen LogP contribution in [0.2, 0.25) is 0 Å². The van der Waals surface area contributed by atoms with Gasteiger partial charge in [0.2, 0.25) is 11.8 Å². The molecule has 28 heavy (non-hydrogen) atoms. The highest BCUT2D eigenvalue weighted by atomic mass is 16.4. The summed E-state index contributed by atoms with van der Waals surface area (Å²) in [6, 6.07) is 2.60. The molecule has 9 nitrogen and oxygen atoms in total. The molecule has 0 fully saturated rings. The maximum atomic E-state index is 12.6. The Bertz CT molecular complexity index is 675. The molecule has 0 heterocycles. The maximum absolute atomic E-state index is 12.6. The number of carboxylic acids is 1. The number of phenolic OH excluding ortho intramolecular Hbond substituents is 1. The van der Waals surface area contributed by atoms with Crippen molar-refractivity contribution < 1.29 is 29.7 Å². The van der Waals surface area contributed by atoms with E-state index in [1.807, 2.05) is 13.8 Å². The number of rotatable bonds is 10. The van der Waals surface area contributed by atoms with Crippen LogP contribution < -0.4 is 16.4 Å². The number of phenols is 1. The number of aromatic hydroxyl groups is 1. The van der Waals surface area contributed by atoms with E-state index >= 15 is 0 Å². The Morgan fingerprint density at radius 1 is 1.04 bits per heavy atom. The Labute approximate surface area is 163 Å². The number of benzene rings is 1. The first kappa shape index (κ1) is 23.4. The topological polar surface area (TPSA) is 162 Å². The number of hydrogen-bond acceptors (Lipinski definition) is 6. The zero-order valence-electron chi connectivity index (χ0n) is 16.3. The summed E-state index contributed by atoms with van der Waals surface area (Å²) in [7, 11) is 0. The number of aliphatic hydroxyl groups is 1. The van der Waals surface area contributed by atoms with E-state index in [0.717, 1.165) is 0 Å². The normalized spacial score (nSPS) is 15.4. The Kier molecular flexibility index (Phi) is 8.87. The van der Waals surface area contributed by atoms with Crippen LogP contribution in [-0.4, -0.2) is 57.3 Å². The van der Waals surface area contributed by atoms with Gasteiger partial charge in [-0.1, -0.05) is 26.0 Å². The van der Waals surface area contributed by atoms with Crippen LogP contribution in [0.1, 0.15) is 32.8 Å². The molecule has 0 saturated heterocycles. The average Bonchev–Trinajstić information content (AvgIpc) is 2.59. The van der Waals surface area contributed by atoms with E-state index in [1.165, 1.54) is 19.1 Å². The molecule has 0 aliphatic heterocycles. The van der Waals surface area contributed by atoms with E-state index in [0.29, 0.717) is 12.0 Å². The second-order valence-corrected chi connectivity index (χ2v) is 7.23. The molecule has 7 N–H and O–H groups in total. The minimum absolute atomic E-state index is 0.0489. The number of amides is 2.